The SMILES string of the molecule is CN(Cc1ccccc1)C(=O)c1nc(C(=O)NC2CC2)n2c1CCCC2. The predicted molar refractivity (Wildman–Crippen MR) is 97.9 cm³/mol. The Hall–Kier alpha value is -2.63. The zero-order chi connectivity index (χ0) is 18.1. The van der Waals surface area contributed by atoms with E-state index in [4.69, 9.17) is 0 Å². The number of imidazole rings is 1. The third-order valence-corrected chi connectivity index (χ3v) is 5.05. The fraction of sp³-hybridized carbons (Fsp3) is 0.450. The van der Waals surface area contributed by atoms with Crippen molar-refractivity contribution < 1.29 is 9.59 Å². The normalized spacial score (nSPS) is 16.0. The quantitative estimate of drug-likeness (QED) is 0.898. The number of fused-ring (bicyclic) bond motifs is 1. The summed E-state index contributed by atoms with van der Waals surface area (Å²) < 4.78 is 1.95. The Morgan fingerprint density at radius 1 is 1.23 bits per heavy atom. The van der Waals surface area contributed by atoms with Gasteiger partial charge in [0.2, 0.25) is 0 Å². The molecule has 1 fully saturated rings. The van der Waals surface area contributed by atoms with Crippen molar-refractivity contribution in [2.75, 3.05) is 7.05 Å². The molecule has 2 aliphatic rings. The van der Waals surface area contributed by atoms with Gasteiger partial charge in [-0.3, -0.25) is 9.59 Å². The minimum atomic E-state index is -0.152. The smallest absolute Gasteiger partial charge is 0.287 e. The molecule has 1 saturated carbocycles. The van der Waals surface area contributed by atoms with Gasteiger partial charge in [-0.15, -0.1) is 0 Å². The van der Waals surface area contributed by atoms with Gasteiger partial charge < -0.3 is 14.8 Å². The summed E-state index contributed by atoms with van der Waals surface area (Å²) in [6.07, 6.45) is 4.90. The first kappa shape index (κ1) is 16.8. The Labute approximate surface area is 153 Å². The van der Waals surface area contributed by atoms with E-state index in [1.54, 1.807) is 11.9 Å². The number of nitrogens with one attached hydrogen (secondary N) is 1. The van der Waals surface area contributed by atoms with Crippen LogP contribution in [0.15, 0.2) is 30.3 Å². The van der Waals surface area contributed by atoms with Crippen LogP contribution < -0.4 is 5.32 Å². The number of nitrogens with zero attached hydrogens (tertiary/aromatic N) is 3. The average molecular weight is 352 g/mol. The molecule has 1 aliphatic carbocycles. The Morgan fingerprint density at radius 2 is 2.00 bits per heavy atom. The first-order chi connectivity index (χ1) is 12.6. The van der Waals surface area contributed by atoms with E-state index in [-0.39, 0.29) is 17.9 Å². The van der Waals surface area contributed by atoms with E-state index < -0.39 is 0 Å². The highest BCUT2D eigenvalue weighted by atomic mass is 16.2. The lowest BCUT2D eigenvalue weighted by atomic mass is 10.1. The Balaban J connectivity index is 1.59. The zero-order valence-electron chi connectivity index (χ0n) is 15.1. The first-order valence-electron chi connectivity index (χ1n) is 9.33. The van der Waals surface area contributed by atoms with Gasteiger partial charge in [-0.2, -0.15) is 0 Å². The molecule has 0 radical (unpaired) electrons. The van der Waals surface area contributed by atoms with Crippen LogP contribution in [0.3, 0.4) is 0 Å². The molecule has 0 saturated heterocycles. The second kappa shape index (κ2) is 6.94. The number of amides is 2. The maximum Gasteiger partial charge on any atom is 0.287 e. The van der Waals surface area contributed by atoms with Crippen LogP contribution >= 0.6 is 0 Å². The lowest BCUT2D eigenvalue weighted by molar-refractivity contribution is 0.0778. The highest BCUT2D eigenvalue weighted by Crippen LogP contribution is 2.24. The fourth-order valence-corrected chi connectivity index (χ4v) is 3.48. The number of hydrogen-bond acceptors (Lipinski definition) is 3. The number of carbonyl (C=O) groups excluding carboxylic acids is 2. The van der Waals surface area contributed by atoms with Crippen molar-refractivity contribution in [2.24, 2.45) is 0 Å². The molecular formula is C20H24N4O2. The van der Waals surface area contributed by atoms with Crippen molar-refractivity contribution in [3.05, 3.63) is 53.1 Å². The van der Waals surface area contributed by atoms with E-state index in [9.17, 15) is 9.59 Å². The van der Waals surface area contributed by atoms with Crippen LogP contribution in [0.25, 0.3) is 0 Å². The lowest BCUT2D eigenvalue weighted by Gasteiger charge is -2.19. The van der Waals surface area contributed by atoms with Crippen LogP contribution in [0.4, 0.5) is 0 Å². The molecule has 4 rings (SSSR count). The van der Waals surface area contributed by atoms with Crippen molar-refractivity contribution >= 4 is 11.8 Å². The summed E-state index contributed by atoms with van der Waals surface area (Å²) in [6.45, 7) is 1.28. The molecule has 2 aromatic rings. The van der Waals surface area contributed by atoms with Crippen molar-refractivity contribution in [3.63, 3.8) is 0 Å². The summed E-state index contributed by atoms with van der Waals surface area (Å²) in [4.78, 5) is 31.7. The van der Waals surface area contributed by atoms with Gasteiger partial charge in [0.15, 0.2) is 5.82 Å². The number of hydrogen-bond donors (Lipinski definition) is 1. The summed E-state index contributed by atoms with van der Waals surface area (Å²) in [5.41, 5.74) is 2.41. The van der Waals surface area contributed by atoms with E-state index >= 15 is 0 Å². The van der Waals surface area contributed by atoms with Gasteiger partial charge in [0.05, 0.1) is 5.69 Å². The molecule has 136 valence electrons. The van der Waals surface area contributed by atoms with Gasteiger partial charge >= 0.3 is 0 Å². The third-order valence-electron chi connectivity index (χ3n) is 5.05. The highest BCUT2D eigenvalue weighted by Gasteiger charge is 2.31. The average Bonchev–Trinajstić information content (AvgIpc) is 3.39. The number of benzene rings is 1. The maximum absolute atomic E-state index is 13.0. The summed E-state index contributed by atoms with van der Waals surface area (Å²) in [5, 5.41) is 2.99. The molecule has 0 spiro atoms. The van der Waals surface area contributed by atoms with Crippen molar-refractivity contribution in [1.82, 2.24) is 19.8 Å². The molecule has 1 N–H and O–H groups in total. The Bertz CT molecular complexity index is 824. The van der Waals surface area contributed by atoms with Gasteiger partial charge in [0, 0.05) is 26.2 Å². The summed E-state index contributed by atoms with van der Waals surface area (Å²) in [6, 6.07) is 10.2. The van der Waals surface area contributed by atoms with E-state index in [1.165, 1.54) is 0 Å². The van der Waals surface area contributed by atoms with Crippen molar-refractivity contribution in [3.8, 4) is 0 Å². The Morgan fingerprint density at radius 3 is 2.73 bits per heavy atom. The van der Waals surface area contributed by atoms with Crippen LogP contribution in [0.2, 0.25) is 0 Å². The lowest BCUT2D eigenvalue weighted by Crippen LogP contribution is -2.29. The molecule has 2 amide bonds. The molecule has 1 aromatic heterocycles. The van der Waals surface area contributed by atoms with Crippen LogP contribution in [-0.4, -0.2) is 39.4 Å². The highest BCUT2D eigenvalue weighted by molar-refractivity contribution is 5.97. The number of aromatic nitrogens is 2. The Kier molecular flexibility index (Phi) is 4.49. The van der Waals surface area contributed by atoms with Crippen LogP contribution in [0, 0.1) is 0 Å². The van der Waals surface area contributed by atoms with Gasteiger partial charge in [-0.1, -0.05) is 30.3 Å². The molecule has 6 nitrogen and oxygen atoms in total. The van der Waals surface area contributed by atoms with Gasteiger partial charge in [0.25, 0.3) is 11.8 Å². The predicted octanol–water partition coefficient (Wildman–Crippen LogP) is 2.38. The summed E-state index contributed by atoms with van der Waals surface area (Å²) in [7, 11) is 1.79. The largest absolute Gasteiger partial charge is 0.347 e. The van der Waals surface area contributed by atoms with Crippen LogP contribution in [0.1, 0.15) is 58.0 Å². The van der Waals surface area contributed by atoms with E-state index in [2.05, 4.69) is 10.3 Å². The molecule has 1 aromatic carbocycles. The molecule has 1 aliphatic heterocycles. The fourth-order valence-electron chi connectivity index (χ4n) is 3.48. The molecule has 6 heteroatoms. The van der Waals surface area contributed by atoms with E-state index in [0.29, 0.717) is 18.1 Å². The zero-order valence-corrected chi connectivity index (χ0v) is 15.1. The molecular weight excluding hydrogens is 328 g/mol. The monoisotopic (exact) mass is 352 g/mol. The summed E-state index contributed by atoms with van der Waals surface area (Å²) in [5.74, 6) is 0.119. The standard InChI is InChI=1S/C20H24N4O2/c1-23(13-14-7-3-2-4-8-14)20(26)17-16-9-5-6-12-24(16)18(22-17)19(25)21-15-10-11-15/h2-4,7-8,15H,5-6,9-13H2,1H3,(H,21,25). The first-order valence-corrected chi connectivity index (χ1v) is 9.33. The van der Waals surface area contributed by atoms with E-state index in [1.807, 2.05) is 34.9 Å². The minimum Gasteiger partial charge on any atom is -0.347 e. The second-order valence-electron chi connectivity index (χ2n) is 7.23. The third kappa shape index (κ3) is 3.36. The van der Waals surface area contributed by atoms with E-state index in [0.717, 1.165) is 49.9 Å². The number of carbonyl (C=O) groups is 2. The summed E-state index contributed by atoms with van der Waals surface area (Å²) >= 11 is 0. The number of rotatable bonds is 5. The molecule has 0 unspecified atom stereocenters. The van der Waals surface area contributed by atoms with Crippen molar-refractivity contribution in [2.45, 2.75) is 51.2 Å². The second-order valence-corrected chi connectivity index (χ2v) is 7.23. The van der Waals surface area contributed by atoms with Crippen LogP contribution in [-0.2, 0) is 19.5 Å². The molecule has 0 bridgehead atoms. The van der Waals surface area contributed by atoms with Crippen LogP contribution in [0.5, 0.6) is 0 Å². The van der Waals surface area contributed by atoms with Crippen molar-refractivity contribution in [1.29, 1.82) is 0 Å². The molecule has 0 atom stereocenters. The maximum atomic E-state index is 13.0. The van der Waals surface area contributed by atoms with Gasteiger partial charge in [0.1, 0.15) is 5.69 Å². The van der Waals surface area contributed by atoms with Gasteiger partial charge in [-0.05, 0) is 37.7 Å². The molecule has 2 heterocycles. The minimum absolute atomic E-state index is 0.120. The topological polar surface area (TPSA) is 67.2 Å². The molecule has 26 heavy (non-hydrogen) atoms. The van der Waals surface area contributed by atoms with Gasteiger partial charge in [-0.25, -0.2) is 4.98 Å².